The quantitative estimate of drug-likeness (QED) is 0.912. The number of carbonyl (C=O) groups excluding carboxylic acids is 1. The van der Waals surface area contributed by atoms with Crippen LogP contribution in [0.5, 0.6) is 0 Å². The Morgan fingerprint density at radius 3 is 2.95 bits per heavy atom. The summed E-state index contributed by atoms with van der Waals surface area (Å²) in [5, 5.41) is 6.41. The molecule has 0 fully saturated rings. The van der Waals surface area contributed by atoms with Gasteiger partial charge in [0.25, 0.3) is 5.91 Å². The Morgan fingerprint density at radius 2 is 2.18 bits per heavy atom. The standard InChI is InChI=1S/C17H19N3O.ClH/c1-12(13-5-3-9-18-11-13)20-17(21)15-6-2-8-16-14(15)7-4-10-19-16;/h2-3,5-6,8-9,11-12,19H,4,7,10H2,1H3,(H,20,21);1H. The van der Waals surface area contributed by atoms with Gasteiger partial charge in [-0.05, 0) is 49.1 Å². The number of benzene rings is 1. The number of fused-ring (bicyclic) bond motifs is 1. The molecule has 1 aliphatic heterocycles. The minimum absolute atomic E-state index is 0. The first-order valence-electron chi connectivity index (χ1n) is 7.32. The van der Waals surface area contributed by atoms with E-state index in [1.54, 1.807) is 12.4 Å². The molecule has 2 aromatic rings. The van der Waals surface area contributed by atoms with E-state index in [0.29, 0.717) is 0 Å². The molecule has 22 heavy (non-hydrogen) atoms. The first-order chi connectivity index (χ1) is 10.3. The SMILES string of the molecule is CC(NC(=O)c1cccc2c1CCCN2)c1cccnc1.Cl. The molecule has 2 N–H and O–H groups in total. The molecule has 3 rings (SSSR count). The van der Waals surface area contributed by atoms with Crippen LogP contribution >= 0.6 is 12.4 Å². The molecule has 0 spiro atoms. The summed E-state index contributed by atoms with van der Waals surface area (Å²) in [6.45, 7) is 2.95. The Balaban J connectivity index is 0.00000176. The lowest BCUT2D eigenvalue weighted by Gasteiger charge is -2.21. The highest BCUT2D eigenvalue weighted by Crippen LogP contribution is 2.25. The molecule has 0 radical (unpaired) electrons. The zero-order chi connectivity index (χ0) is 14.7. The molecule has 0 saturated carbocycles. The lowest BCUT2D eigenvalue weighted by atomic mass is 9.97. The fourth-order valence-corrected chi connectivity index (χ4v) is 2.71. The Labute approximate surface area is 136 Å². The second-order valence-electron chi connectivity index (χ2n) is 5.34. The van der Waals surface area contributed by atoms with Crippen LogP contribution in [-0.2, 0) is 6.42 Å². The molecule has 116 valence electrons. The molecule has 0 saturated heterocycles. The second-order valence-corrected chi connectivity index (χ2v) is 5.34. The summed E-state index contributed by atoms with van der Waals surface area (Å²) in [7, 11) is 0. The van der Waals surface area contributed by atoms with Crippen LogP contribution in [0.1, 0.15) is 40.9 Å². The van der Waals surface area contributed by atoms with Crippen LogP contribution in [0.3, 0.4) is 0 Å². The summed E-state index contributed by atoms with van der Waals surface area (Å²) in [6, 6.07) is 9.67. The Morgan fingerprint density at radius 1 is 1.32 bits per heavy atom. The number of nitrogens with zero attached hydrogens (tertiary/aromatic N) is 1. The summed E-state index contributed by atoms with van der Waals surface area (Å²) in [5.41, 5.74) is 3.99. The Bertz CT molecular complexity index is 646. The van der Waals surface area contributed by atoms with E-state index in [9.17, 15) is 4.79 Å². The Hall–Kier alpha value is -2.07. The molecule has 2 heterocycles. The topological polar surface area (TPSA) is 54.0 Å². The molecule has 1 aromatic carbocycles. The molecular formula is C17H20ClN3O. The number of amides is 1. The molecular weight excluding hydrogens is 298 g/mol. The highest BCUT2D eigenvalue weighted by atomic mass is 35.5. The highest BCUT2D eigenvalue weighted by molar-refractivity contribution is 5.97. The van der Waals surface area contributed by atoms with Gasteiger partial charge in [0.15, 0.2) is 0 Å². The van der Waals surface area contributed by atoms with Crippen molar-refractivity contribution < 1.29 is 4.79 Å². The van der Waals surface area contributed by atoms with Gasteiger partial charge in [-0.3, -0.25) is 9.78 Å². The molecule has 5 heteroatoms. The van der Waals surface area contributed by atoms with Gasteiger partial charge in [0.05, 0.1) is 6.04 Å². The van der Waals surface area contributed by atoms with Gasteiger partial charge in [-0.15, -0.1) is 12.4 Å². The van der Waals surface area contributed by atoms with E-state index >= 15 is 0 Å². The van der Waals surface area contributed by atoms with Crippen molar-refractivity contribution in [3.63, 3.8) is 0 Å². The summed E-state index contributed by atoms with van der Waals surface area (Å²) < 4.78 is 0. The van der Waals surface area contributed by atoms with Gasteiger partial charge in [-0.25, -0.2) is 0 Å². The number of carbonyl (C=O) groups is 1. The van der Waals surface area contributed by atoms with E-state index in [4.69, 9.17) is 0 Å². The number of halogens is 1. The van der Waals surface area contributed by atoms with Crippen LogP contribution in [0.2, 0.25) is 0 Å². The number of nitrogens with one attached hydrogen (secondary N) is 2. The summed E-state index contributed by atoms with van der Waals surface area (Å²) in [6.07, 6.45) is 5.53. The van der Waals surface area contributed by atoms with Crippen molar-refractivity contribution in [2.45, 2.75) is 25.8 Å². The molecule has 0 aliphatic carbocycles. The van der Waals surface area contributed by atoms with Crippen molar-refractivity contribution in [2.75, 3.05) is 11.9 Å². The summed E-state index contributed by atoms with van der Waals surface area (Å²) >= 11 is 0. The lowest BCUT2D eigenvalue weighted by Crippen LogP contribution is -2.28. The van der Waals surface area contributed by atoms with Gasteiger partial charge < -0.3 is 10.6 Å². The predicted molar refractivity (Wildman–Crippen MR) is 90.6 cm³/mol. The van der Waals surface area contributed by atoms with Crippen molar-refractivity contribution >= 4 is 24.0 Å². The number of anilines is 1. The van der Waals surface area contributed by atoms with Crippen molar-refractivity contribution in [2.24, 2.45) is 0 Å². The molecule has 0 bridgehead atoms. The minimum Gasteiger partial charge on any atom is -0.385 e. The zero-order valence-electron chi connectivity index (χ0n) is 12.5. The maximum absolute atomic E-state index is 12.5. The van der Waals surface area contributed by atoms with E-state index in [2.05, 4.69) is 15.6 Å². The lowest BCUT2D eigenvalue weighted by molar-refractivity contribution is 0.0939. The van der Waals surface area contributed by atoms with Gasteiger partial charge in [0.1, 0.15) is 0 Å². The van der Waals surface area contributed by atoms with Crippen LogP contribution < -0.4 is 10.6 Å². The van der Waals surface area contributed by atoms with E-state index in [-0.39, 0.29) is 24.4 Å². The fourth-order valence-electron chi connectivity index (χ4n) is 2.71. The highest BCUT2D eigenvalue weighted by Gasteiger charge is 2.18. The average Bonchev–Trinajstić information content (AvgIpc) is 2.55. The average molecular weight is 318 g/mol. The minimum atomic E-state index is -0.0568. The molecule has 1 atom stereocenters. The Kier molecular flexibility index (Phi) is 5.39. The third-order valence-corrected chi connectivity index (χ3v) is 3.87. The van der Waals surface area contributed by atoms with Crippen LogP contribution in [0.15, 0.2) is 42.7 Å². The van der Waals surface area contributed by atoms with Crippen LogP contribution in [0, 0.1) is 0 Å². The third-order valence-electron chi connectivity index (χ3n) is 3.87. The first kappa shape index (κ1) is 16.3. The van der Waals surface area contributed by atoms with Crippen molar-refractivity contribution in [3.05, 3.63) is 59.4 Å². The summed E-state index contributed by atoms with van der Waals surface area (Å²) in [5.74, 6) is -0.0214. The van der Waals surface area contributed by atoms with Crippen molar-refractivity contribution in [1.82, 2.24) is 10.3 Å². The number of rotatable bonds is 3. The van der Waals surface area contributed by atoms with Gasteiger partial charge in [-0.2, -0.15) is 0 Å². The second kappa shape index (κ2) is 7.27. The van der Waals surface area contributed by atoms with E-state index in [0.717, 1.165) is 41.8 Å². The fraction of sp³-hybridized carbons (Fsp3) is 0.294. The third kappa shape index (κ3) is 3.39. The van der Waals surface area contributed by atoms with Crippen LogP contribution in [-0.4, -0.2) is 17.4 Å². The molecule has 4 nitrogen and oxygen atoms in total. The predicted octanol–water partition coefficient (Wildman–Crippen LogP) is 3.35. The van der Waals surface area contributed by atoms with E-state index in [1.807, 2.05) is 37.3 Å². The summed E-state index contributed by atoms with van der Waals surface area (Å²) in [4.78, 5) is 16.6. The number of aromatic nitrogens is 1. The van der Waals surface area contributed by atoms with Gasteiger partial charge >= 0.3 is 0 Å². The maximum atomic E-state index is 12.5. The smallest absolute Gasteiger partial charge is 0.252 e. The number of hydrogen-bond acceptors (Lipinski definition) is 3. The number of hydrogen-bond donors (Lipinski definition) is 2. The van der Waals surface area contributed by atoms with Gasteiger partial charge in [0.2, 0.25) is 0 Å². The normalized spacial score (nSPS) is 14.0. The molecule has 1 unspecified atom stereocenters. The largest absolute Gasteiger partial charge is 0.385 e. The van der Waals surface area contributed by atoms with Gasteiger partial charge in [-0.1, -0.05) is 12.1 Å². The number of pyridine rings is 1. The molecule has 1 aromatic heterocycles. The zero-order valence-corrected chi connectivity index (χ0v) is 13.3. The van der Waals surface area contributed by atoms with Crippen molar-refractivity contribution in [3.8, 4) is 0 Å². The van der Waals surface area contributed by atoms with E-state index in [1.165, 1.54) is 0 Å². The van der Waals surface area contributed by atoms with Crippen LogP contribution in [0.25, 0.3) is 0 Å². The van der Waals surface area contributed by atoms with Crippen molar-refractivity contribution in [1.29, 1.82) is 0 Å². The monoisotopic (exact) mass is 317 g/mol. The van der Waals surface area contributed by atoms with Crippen LogP contribution in [0.4, 0.5) is 5.69 Å². The maximum Gasteiger partial charge on any atom is 0.252 e. The molecule has 1 aliphatic rings. The molecule has 1 amide bonds. The first-order valence-corrected chi connectivity index (χ1v) is 7.32. The van der Waals surface area contributed by atoms with Gasteiger partial charge in [0, 0.05) is 30.2 Å². The van der Waals surface area contributed by atoms with E-state index < -0.39 is 0 Å².